The third kappa shape index (κ3) is 5.85. The van der Waals surface area contributed by atoms with Crippen molar-refractivity contribution in [3.63, 3.8) is 0 Å². The van der Waals surface area contributed by atoms with Crippen molar-refractivity contribution in [2.45, 2.75) is 26.9 Å². The molecule has 0 aliphatic carbocycles. The van der Waals surface area contributed by atoms with E-state index in [-0.39, 0.29) is 12.2 Å². The van der Waals surface area contributed by atoms with E-state index in [1.807, 2.05) is 26.0 Å². The van der Waals surface area contributed by atoms with E-state index in [0.29, 0.717) is 37.9 Å². The van der Waals surface area contributed by atoms with Crippen LogP contribution < -0.4 is 15.0 Å². The zero-order valence-electron chi connectivity index (χ0n) is 20.6. The predicted molar refractivity (Wildman–Crippen MR) is 154 cm³/mol. The lowest BCUT2D eigenvalue weighted by molar-refractivity contribution is -0.122. The van der Waals surface area contributed by atoms with Crippen LogP contribution in [-0.4, -0.2) is 17.8 Å². The van der Waals surface area contributed by atoms with E-state index in [2.05, 4.69) is 27.8 Å². The van der Waals surface area contributed by atoms with Crippen molar-refractivity contribution in [1.82, 2.24) is 5.32 Å². The monoisotopic (exact) mass is 612 g/mol. The summed E-state index contributed by atoms with van der Waals surface area (Å²) >= 11 is 15.7. The van der Waals surface area contributed by atoms with E-state index in [4.69, 9.17) is 27.9 Å². The number of imide groups is 2. The summed E-state index contributed by atoms with van der Waals surface area (Å²) in [6.45, 7) is 7.88. The second-order valence-electron chi connectivity index (χ2n) is 8.75. The van der Waals surface area contributed by atoms with Crippen LogP contribution in [0.5, 0.6) is 5.75 Å². The highest BCUT2D eigenvalue weighted by Gasteiger charge is 2.37. The molecule has 0 radical (unpaired) electrons. The van der Waals surface area contributed by atoms with Crippen LogP contribution >= 0.6 is 39.1 Å². The van der Waals surface area contributed by atoms with Gasteiger partial charge < -0.3 is 4.74 Å². The first-order valence-corrected chi connectivity index (χ1v) is 13.1. The highest BCUT2D eigenvalue weighted by molar-refractivity contribution is 9.10. The normalized spacial score (nSPS) is 14.6. The summed E-state index contributed by atoms with van der Waals surface area (Å²) in [5, 5.41) is 3.15. The van der Waals surface area contributed by atoms with Crippen molar-refractivity contribution < 1.29 is 19.1 Å². The van der Waals surface area contributed by atoms with Crippen LogP contribution in [0.1, 0.15) is 27.8 Å². The first-order chi connectivity index (χ1) is 18.1. The average molecular weight is 614 g/mol. The number of amides is 4. The first kappa shape index (κ1) is 27.6. The number of nitrogens with one attached hydrogen (secondary N) is 1. The van der Waals surface area contributed by atoms with Crippen molar-refractivity contribution in [3.05, 3.63) is 109 Å². The van der Waals surface area contributed by atoms with Crippen LogP contribution in [0.2, 0.25) is 10.0 Å². The SMILES string of the molecule is C=CCc1cc(/C=C2\C(=O)NC(=O)N(c3ccc(C)c(C)c3)C2=O)cc(Br)c1OCc1ccc(Cl)c(Cl)c1. The molecule has 9 heteroatoms. The zero-order chi connectivity index (χ0) is 27.6. The van der Waals surface area contributed by atoms with E-state index in [1.165, 1.54) is 6.08 Å². The Morgan fingerprint density at radius 1 is 1.00 bits per heavy atom. The van der Waals surface area contributed by atoms with Crippen LogP contribution in [0, 0.1) is 13.8 Å². The summed E-state index contributed by atoms with van der Waals surface area (Å²) in [7, 11) is 0. The Morgan fingerprint density at radius 2 is 1.76 bits per heavy atom. The molecule has 4 rings (SSSR count). The second kappa shape index (κ2) is 11.6. The molecule has 1 heterocycles. The fourth-order valence-corrected chi connectivity index (χ4v) is 4.89. The Balaban J connectivity index is 1.66. The summed E-state index contributed by atoms with van der Waals surface area (Å²) in [5.74, 6) is -0.880. The molecular weight excluding hydrogens is 591 g/mol. The lowest BCUT2D eigenvalue weighted by atomic mass is 10.0. The van der Waals surface area contributed by atoms with Gasteiger partial charge in [-0.15, -0.1) is 6.58 Å². The molecular formula is C29H23BrCl2N2O4. The topological polar surface area (TPSA) is 75.7 Å². The van der Waals surface area contributed by atoms with Gasteiger partial charge in [0, 0.05) is 0 Å². The van der Waals surface area contributed by atoms with Gasteiger partial charge in [-0.1, -0.05) is 41.4 Å². The molecule has 1 N–H and O–H groups in total. The summed E-state index contributed by atoms with van der Waals surface area (Å²) in [6.07, 6.45) is 3.65. The molecule has 1 fully saturated rings. The Kier molecular flexibility index (Phi) is 8.41. The maximum atomic E-state index is 13.3. The average Bonchev–Trinajstić information content (AvgIpc) is 2.85. The van der Waals surface area contributed by atoms with Crippen LogP contribution in [-0.2, 0) is 22.6 Å². The first-order valence-electron chi connectivity index (χ1n) is 11.6. The smallest absolute Gasteiger partial charge is 0.335 e. The van der Waals surface area contributed by atoms with Gasteiger partial charge in [0.1, 0.15) is 17.9 Å². The third-order valence-corrected chi connectivity index (χ3v) is 7.36. The number of ether oxygens (including phenoxy) is 1. The van der Waals surface area contributed by atoms with Crippen LogP contribution in [0.15, 0.2) is 71.2 Å². The largest absolute Gasteiger partial charge is 0.487 e. The Labute approximate surface area is 239 Å². The number of barbiturate groups is 1. The van der Waals surface area contributed by atoms with Gasteiger partial charge in [-0.2, -0.15) is 0 Å². The third-order valence-electron chi connectivity index (χ3n) is 6.04. The number of aryl methyl sites for hydroxylation is 2. The highest BCUT2D eigenvalue weighted by atomic mass is 79.9. The molecule has 0 spiro atoms. The number of benzene rings is 3. The quantitative estimate of drug-likeness (QED) is 0.172. The van der Waals surface area contributed by atoms with Crippen molar-refractivity contribution in [2.75, 3.05) is 4.90 Å². The molecule has 1 aliphatic heterocycles. The fraction of sp³-hybridized carbons (Fsp3) is 0.138. The molecule has 3 aromatic rings. The van der Waals surface area contributed by atoms with Crippen LogP contribution in [0.4, 0.5) is 10.5 Å². The van der Waals surface area contributed by atoms with Gasteiger partial charge in [-0.3, -0.25) is 14.9 Å². The Bertz CT molecular complexity index is 1520. The number of hydrogen-bond acceptors (Lipinski definition) is 4. The van der Waals surface area contributed by atoms with Crippen molar-refractivity contribution >= 4 is 68.7 Å². The van der Waals surface area contributed by atoms with Gasteiger partial charge >= 0.3 is 6.03 Å². The number of urea groups is 1. The molecule has 0 saturated carbocycles. The molecule has 0 bridgehead atoms. The number of hydrogen-bond donors (Lipinski definition) is 1. The number of nitrogens with zero attached hydrogens (tertiary/aromatic N) is 1. The van der Waals surface area contributed by atoms with Crippen molar-refractivity contribution in [2.24, 2.45) is 0 Å². The highest BCUT2D eigenvalue weighted by Crippen LogP contribution is 2.34. The number of carbonyl (C=O) groups is 3. The Morgan fingerprint density at radius 3 is 2.45 bits per heavy atom. The molecule has 4 amide bonds. The molecule has 38 heavy (non-hydrogen) atoms. The maximum absolute atomic E-state index is 13.3. The Hall–Kier alpha value is -3.39. The molecule has 1 aliphatic rings. The number of carbonyl (C=O) groups excluding carboxylic acids is 3. The minimum absolute atomic E-state index is 0.163. The standard InChI is InChI=1S/C29H23BrCl2N2O4/c1-4-5-20-11-19(13-23(30)26(20)38-15-18-7-9-24(31)25(32)14-18)12-22-27(35)33-29(37)34(28(22)36)21-8-6-16(2)17(3)10-21/h4,6-14H,1,5,15H2,2-3H3,(H,33,35,37)/b22-12+. The van der Waals surface area contributed by atoms with Gasteiger partial charge in [0.2, 0.25) is 0 Å². The van der Waals surface area contributed by atoms with Crippen LogP contribution in [0.3, 0.4) is 0 Å². The van der Waals surface area contributed by atoms with Gasteiger partial charge in [0.25, 0.3) is 11.8 Å². The molecule has 194 valence electrons. The molecule has 0 unspecified atom stereocenters. The van der Waals surface area contributed by atoms with E-state index < -0.39 is 17.8 Å². The van der Waals surface area contributed by atoms with Gasteiger partial charge in [-0.25, -0.2) is 9.69 Å². The van der Waals surface area contributed by atoms with E-state index >= 15 is 0 Å². The van der Waals surface area contributed by atoms with E-state index in [0.717, 1.165) is 27.2 Å². The van der Waals surface area contributed by atoms with Crippen molar-refractivity contribution in [3.8, 4) is 5.75 Å². The summed E-state index contributed by atoms with van der Waals surface area (Å²) in [6, 6.07) is 13.2. The molecule has 0 aromatic heterocycles. The van der Waals surface area contributed by atoms with E-state index in [9.17, 15) is 14.4 Å². The lowest BCUT2D eigenvalue weighted by Gasteiger charge is -2.27. The molecule has 6 nitrogen and oxygen atoms in total. The predicted octanol–water partition coefficient (Wildman–Crippen LogP) is 7.35. The molecule has 0 atom stereocenters. The fourth-order valence-electron chi connectivity index (χ4n) is 3.93. The molecule has 1 saturated heterocycles. The van der Waals surface area contributed by atoms with Crippen LogP contribution in [0.25, 0.3) is 6.08 Å². The van der Waals surface area contributed by atoms with Crippen molar-refractivity contribution in [1.29, 1.82) is 0 Å². The summed E-state index contributed by atoms with van der Waals surface area (Å²) in [5.41, 5.74) is 4.35. The number of rotatable bonds is 7. The minimum Gasteiger partial charge on any atom is -0.487 e. The van der Waals surface area contributed by atoms with Gasteiger partial charge in [0.05, 0.1) is 20.2 Å². The summed E-state index contributed by atoms with van der Waals surface area (Å²) < 4.78 is 6.70. The maximum Gasteiger partial charge on any atom is 0.335 e. The van der Waals surface area contributed by atoms with Gasteiger partial charge in [-0.05, 0) is 106 Å². The zero-order valence-corrected chi connectivity index (χ0v) is 23.7. The minimum atomic E-state index is -0.792. The number of halogens is 3. The second-order valence-corrected chi connectivity index (χ2v) is 10.4. The number of allylic oxidation sites excluding steroid dienone is 1. The molecule has 3 aromatic carbocycles. The number of anilines is 1. The summed E-state index contributed by atoms with van der Waals surface area (Å²) in [4.78, 5) is 39.5. The van der Waals surface area contributed by atoms with E-state index in [1.54, 1.807) is 42.5 Å². The van der Waals surface area contributed by atoms with Gasteiger partial charge in [0.15, 0.2) is 0 Å². The lowest BCUT2D eigenvalue weighted by Crippen LogP contribution is -2.54.